The molecule has 0 saturated carbocycles. The lowest BCUT2D eigenvalue weighted by molar-refractivity contribution is -0.133. The molecule has 0 atom stereocenters. The van der Waals surface area contributed by atoms with Crippen LogP contribution >= 0.6 is 0 Å². The van der Waals surface area contributed by atoms with Crippen molar-refractivity contribution in [2.75, 3.05) is 25.8 Å². The van der Waals surface area contributed by atoms with Gasteiger partial charge in [0.05, 0.1) is 18.4 Å². The van der Waals surface area contributed by atoms with Crippen molar-refractivity contribution in [3.05, 3.63) is 53.6 Å². The van der Waals surface area contributed by atoms with Crippen LogP contribution in [0.5, 0.6) is 11.5 Å². The maximum atomic E-state index is 12.5. The molecule has 2 aromatic rings. The number of esters is 1. The van der Waals surface area contributed by atoms with E-state index >= 15 is 0 Å². The third-order valence-corrected chi connectivity index (χ3v) is 4.20. The van der Waals surface area contributed by atoms with Gasteiger partial charge in [-0.05, 0) is 29.8 Å². The van der Waals surface area contributed by atoms with Crippen LogP contribution in [-0.4, -0.2) is 43.1 Å². The molecule has 1 heterocycles. The second-order valence-corrected chi connectivity index (χ2v) is 6.15. The van der Waals surface area contributed by atoms with Crippen molar-refractivity contribution < 1.29 is 28.6 Å². The molecule has 0 aromatic heterocycles. The summed E-state index contributed by atoms with van der Waals surface area (Å²) < 4.78 is 15.3. The number of carbonyl (C=O) groups is 3. The third kappa shape index (κ3) is 4.40. The molecule has 1 aliphatic rings. The van der Waals surface area contributed by atoms with Crippen molar-refractivity contribution in [1.29, 1.82) is 0 Å². The first-order chi connectivity index (χ1) is 13.5. The van der Waals surface area contributed by atoms with Crippen molar-refractivity contribution in [2.24, 2.45) is 0 Å². The highest BCUT2D eigenvalue weighted by atomic mass is 16.7. The summed E-state index contributed by atoms with van der Waals surface area (Å²) in [5, 5.41) is 2.66. The Labute approximate surface area is 162 Å². The zero-order valence-electron chi connectivity index (χ0n) is 15.6. The molecule has 0 unspecified atom stereocenters. The van der Waals surface area contributed by atoms with E-state index in [2.05, 4.69) is 5.32 Å². The first kappa shape index (κ1) is 19.2. The second-order valence-electron chi connectivity index (χ2n) is 6.15. The van der Waals surface area contributed by atoms with Crippen LogP contribution in [0.15, 0.2) is 42.5 Å². The molecule has 28 heavy (non-hydrogen) atoms. The monoisotopic (exact) mass is 384 g/mol. The van der Waals surface area contributed by atoms with Crippen LogP contribution in [0.4, 0.5) is 5.69 Å². The van der Waals surface area contributed by atoms with Gasteiger partial charge >= 0.3 is 5.97 Å². The summed E-state index contributed by atoms with van der Waals surface area (Å²) in [6, 6.07) is 11.9. The topological polar surface area (TPSA) is 94.2 Å². The second kappa shape index (κ2) is 8.43. The van der Waals surface area contributed by atoms with E-state index in [1.165, 1.54) is 18.9 Å². The van der Waals surface area contributed by atoms with Gasteiger partial charge in [0.1, 0.15) is 6.54 Å². The number of hydrogen-bond donors (Lipinski definition) is 1. The molecule has 2 aromatic carbocycles. The van der Waals surface area contributed by atoms with E-state index in [4.69, 9.17) is 14.2 Å². The number of anilines is 1. The Morgan fingerprint density at radius 3 is 2.61 bits per heavy atom. The number of nitrogens with one attached hydrogen (secondary N) is 1. The number of carbonyl (C=O) groups excluding carboxylic acids is 3. The van der Waals surface area contributed by atoms with E-state index in [-0.39, 0.29) is 31.4 Å². The molecule has 0 fully saturated rings. The molecule has 0 saturated heterocycles. The van der Waals surface area contributed by atoms with Gasteiger partial charge in [0.15, 0.2) is 11.5 Å². The maximum Gasteiger partial charge on any atom is 0.339 e. The molecule has 0 aliphatic carbocycles. The highest BCUT2D eigenvalue weighted by Crippen LogP contribution is 2.32. The lowest BCUT2D eigenvalue weighted by Gasteiger charge is -2.21. The Kier molecular flexibility index (Phi) is 5.78. The summed E-state index contributed by atoms with van der Waals surface area (Å²) in [5.74, 6) is 0.0220. The fourth-order valence-electron chi connectivity index (χ4n) is 2.78. The van der Waals surface area contributed by atoms with Gasteiger partial charge in [-0.3, -0.25) is 9.59 Å². The quantitative estimate of drug-likeness (QED) is 0.768. The largest absolute Gasteiger partial charge is 0.465 e. The van der Waals surface area contributed by atoms with Gasteiger partial charge < -0.3 is 24.4 Å². The molecule has 1 N–H and O–H groups in total. The fourth-order valence-corrected chi connectivity index (χ4v) is 2.78. The summed E-state index contributed by atoms with van der Waals surface area (Å²) in [6.07, 6.45) is 0. The van der Waals surface area contributed by atoms with Crippen LogP contribution in [0.3, 0.4) is 0 Å². The van der Waals surface area contributed by atoms with E-state index < -0.39 is 11.9 Å². The minimum atomic E-state index is -0.556. The van der Waals surface area contributed by atoms with E-state index in [1.54, 1.807) is 36.4 Å². The maximum absolute atomic E-state index is 12.5. The standard InChI is InChI=1S/C20H20N2O6/c1-13(23)22(10-14-7-8-17-18(9-14)28-12-27-17)11-19(24)21-16-6-4-3-5-15(16)20(25)26-2/h3-9H,10-12H2,1-2H3,(H,21,24). The van der Waals surface area contributed by atoms with Gasteiger partial charge in [0.25, 0.3) is 0 Å². The summed E-state index contributed by atoms with van der Waals surface area (Å²) in [5.41, 5.74) is 1.37. The van der Waals surface area contributed by atoms with E-state index in [1.807, 2.05) is 6.07 Å². The number of para-hydroxylation sites is 1. The molecule has 146 valence electrons. The molecular weight excluding hydrogens is 364 g/mol. The normalized spacial score (nSPS) is 11.6. The number of rotatable bonds is 6. The van der Waals surface area contributed by atoms with Crippen molar-refractivity contribution in [3.63, 3.8) is 0 Å². The predicted molar refractivity (Wildman–Crippen MR) is 100 cm³/mol. The van der Waals surface area contributed by atoms with Crippen LogP contribution in [0.1, 0.15) is 22.8 Å². The number of benzene rings is 2. The highest BCUT2D eigenvalue weighted by Gasteiger charge is 2.19. The number of nitrogens with zero attached hydrogens (tertiary/aromatic N) is 1. The number of hydrogen-bond acceptors (Lipinski definition) is 6. The fraction of sp³-hybridized carbons (Fsp3) is 0.250. The molecule has 0 bridgehead atoms. The van der Waals surface area contributed by atoms with Crippen LogP contribution < -0.4 is 14.8 Å². The summed E-state index contributed by atoms with van der Waals surface area (Å²) in [6.45, 7) is 1.62. The average molecular weight is 384 g/mol. The molecule has 1 aliphatic heterocycles. The predicted octanol–water partition coefficient (Wildman–Crippen LogP) is 2.19. The highest BCUT2D eigenvalue weighted by molar-refractivity contribution is 6.02. The SMILES string of the molecule is COC(=O)c1ccccc1NC(=O)CN(Cc1ccc2c(c1)OCO2)C(C)=O. The Hall–Kier alpha value is -3.55. The van der Waals surface area contributed by atoms with Gasteiger partial charge in [0.2, 0.25) is 18.6 Å². The molecule has 2 amide bonds. The molecule has 8 nitrogen and oxygen atoms in total. The van der Waals surface area contributed by atoms with Gasteiger partial charge in [-0.2, -0.15) is 0 Å². The third-order valence-electron chi connectivity index (χ3n) is 4.20. The summed E-state index contributed by atoms with van der Waals surface area (Å²) >= 11 is 0. The Morgan fingerprint density at radius 2 is 1.86 bits per heavy atom. The van der Waals surface area contributed by atoms with Crippen LogP contribution in [0.25, 0.3) is 0 Å². The van der Waals surface area contributed by atoms with Gasteiger partial charge in [-0.25, -0.2) is 4.79 Å². The van der Waals surface area contributed by atoms with E-state index in [0.29, 0.717) is 17.2 Å². The van der Waals surface area contributed by atoms with Gasteiger partial charge in [-0.1, -0.05) is 18.2 Å². The van der Waals surface area contributed by atoms with Crippen LogP contribution in [0.2, 0.25) is 0 Å². The number of fused-ring (bicyclic) bond motifs is 1. The first-order valence-electron chi connectivity index (χ1n) is 8.59. The Balaban J connectivity index is 1.69. The zero-order valence-corrected chi connectivity index (χ0v) is 15.6. The zero-order chi connectivity index (χ0) is 20.1. The number of methoxy groups -OCH3 is 1. The smallest absolute Gasteiger partial charge is 0.339 e. The first-order valence-corrected chi connectivity index (χ1v) is 8.59. The molecular formula is C20H20N2O6. The van der Waals surface area contributed by atoms with Crippen LogP contribution in [-0.2, 0) is 20.9 Å². The van der Waals surface area contributed by atoms with Crippen molar-refractivity contribution in [1.82, 2.24) is 4.90 Å². The lowest BCUT2D eigenvalue weighted by atomic mass is 10.1. The van der Waals surface area contributed by atoms with Crippen molar-refractivity contribution >= 4 is 23.5 Å². The molecule has 0 spiro atoms. The lowest BCUT2D eigenvalue weighted by Crippen LogP contribution is -2.36. The van der Waals surface area contributed by atoms with Gasteiger partial charge in [0, 0.05) is 13.5 Å². The Bertz CT molecular complexity index is 911. The Morgan fingerprint density at radius 1 is 1.11 bits per heavy atom. The average Bonchev–Trinajstić information content (AvgIpc) is 3.15. The minimum absolute atomic E-state index is 0.164. The summed E-state index contributed by atoms with van der Waals surface area (Å²) in [4.78, 5) is 37.7. The molecule has 8 heteroatoms. The number of amides is 2. The minimum Gasteiger partial charge on any atom is -0.465 e. The number of ether oxygens (including phenoxy) is 3. The summed E-state index contributed by atoms with van der Waals surface area (Å²) in [7, 11) is 1.27. The van der Waals surface area contributed by atoms with Crippen molar-refractivity contribution in [3.8, 4) is 11.5 Å². The van der Waals surface area contributed by atoms with E-state index in [9.17, 15) is 14.4 Å². The van der Waals surface area contributed by atoms with Gasteiger partial charge in [-0.15, -0.1) is 0 Å². The molecule has 0 radical (unpaired) electrons. The van der Waals surface area contributed by atoms with Crippen molar-refractivity contribution in [2.45, 2.75) is 13.5 Å². The van der Waals surface area contributed by atoms with E-state index in [0.717, 1.165) is 5.56 Å². The van der Waals surface area contributed by atoms with Crippen LogP contribution in [0, 0.1) is 0 Å². The molecule has 3 rings (SSSR count).